The van der Waals surface area contributed by atoms with Crippen molar-refractivity contribution in [2.75, 3.05) is 0 Å². The fourth-order valence-corrected chi connectivity index (χ4v) is 1.16. The van der Waals surface area contributed by atoms with Crippen molar-refractivity contribution in [2.24, 2.45) is 16.5 Å². The molecule has 0 unspecified atom stereocenters. The minimum Gasteiger partial charge on any atom is -0.164 e. The molecule has 0 heterocycles. The van der Waals surface area contributed by atoms with Crippen LogP contribution in [-0.2, 0) is 0 Å². The molecular formula is C2H9N3PS+. The molecule has 0 amide bonds. The number of nitrogens with two attached hydrogens (primary N) is 3. The van der Waals surface area contributed by atoms with Gasteiger partial charge in [0.05, 0.1) is 0 Å². The zero-order valence-corrected chi connectivity index (χ0v) is 5.58. The molecule has 0 aromatic rings. The third-order valence-corrected chi connectivity index (χ3v) is 2.31. The van der Waals surface area contributed by atoms with Crippen LogP contribution in [-0.4, -0.2) is 0 Å². The molecule has 0 aliphatic carbocycles. The molecule has 0 aliphatic heterocycles. The van der Waals surface area contributed by atoms with Gasteiger partial charge in [-0.2, -0.15) is 16.5 Å². The minimum absolute atomic E-state index is 1.20. The Labute approximate surface area is 47.6 Å². The quantitative estimate of drug-likeness (QED) is 0.483. The second-order valence-corrected chi connectivity index (χ2v) is 5.64. The van der Waals surface area contributed by atoms with Crippen molar-refractivity contribution in [1.29, 1.82) is 0 Å². The van der Waals surface area contributed by atoms with Gasteiger partial charge >= 0.3 is 0 Å². The number of rotatable bonds is 2. The maximum Gasteiger partial charge on any atom is 0.280 e. The Kier molecular flexibility index (Phi) is 2.80. The van der Waals surface area contributed by atoms with E-state index in [-0.39, 0.29) is 0 Å². The zero-order valence-electron chi connectivity index (χ0n) is 3.87. The van der Waals surface area contributed by atoms with E-state index < -0.39 is 6.92 Å². The molecule has 0 rings (SSSR count). The smallest absolute Gasteiger partial charge is 0.164 e. The average Bonchev–Trinajstić information content (AvgIpc) is 1.30. The Balaban J connectivity index is 3.34. The van der Waals surface area contributed by atoms with E-state index in [2.05, 4.69) is 6.58 Å². The molecule has 5 heteroatoms. The predicted molar refractivity (Wildman–Crippen MR) is 37.3 cm³/mol. The van der Waals surface area contributed by atoms with E-state index >= 15 is 0 Å². The van der Waals surface area contributed by atoms with Crippen LogP contribution in [0.3, 0.4) is 0 Å². The summed E-state index contributed by atoms with van der Waals surface area (Å²) in [6.45, 7) is 1.28. The molecule has 0 saturated heterocycles. The standard InChI is InChI=1S/C2H9N3PS/c1-2-7-6(3,4)5/h2H,1,3-5H2/q+1. The summed E-state index contributed by atoms with van der Waals surface area (Å²) in [5.74, 6) is 0. The van der Waals surface area contributed by atoms with Gasteiger partial charge in [-0.1, -0.05) is 6.58 Å². The molecule has 0 aromatic heterocycles. The minimum atomic E-state index is -2.12. The molecule has 0 aromatic carbocycles. The van der Waals surface area contributed by atoms with Crippen molar-refractivity contribution in [1.82, 2.24) is 0 Å². The number of hydrogen-bond acceptors (Lipinski definition) is 4. The van der Waals surface area contributed by atoms with Gasteiger partial charge < -0.3 is 0 Å². The Morgan fingerprint density at radius 3 is 1.86 bits per heavy atom. The molecule has 0 bridgehead atoms. The van der Waals surface area contributed by atoms with Gasteiger partial charge in [0.1, 0.15) is 11.4 Å². The first-order valence-electron chi connectivity index (χ1n) is 1.60. The molecule has 0 atom stereocenters. The normalized spacial score (nSPS) is 11.3. The van der Waals surface area contributed by atoms with E-state index in [1.807, 2.05) is 0 Å². The lowest BCUT2D eigenvalue weighted by Gasteiger charge is -2.00. The van der Waals surface area contributed by atoms with Crippen LogP contribution in [0.4, 0.5) is 0 Å². The van der Waals surface area contributed by atoms with E-state index in [9.17, 15) is 0 Å². The van der Waals surface area contributed by atoms with Crippen LogP contribution in [0.5, 0.6) is 0 Å². The summed E-state index contributed by atoms with van der Waals surface area (Å²) in [5.41, 5.74) is 15.6. The van der Waals surface area contributed by atoms with Crippen molar-refractivity contribution >= 4 is 18.3 Å². The van der Waals surface area contributed by atoms with Gasteiger partial charge in [-0.3, -0.25) is 0 Å². The van der Waals surface area contributed by atoms with Gasteiger partial charge in [0.2, 0.25) is 0 Å². The van der Waals surface area contributed by atoms with Gasteiger partial charge in [0.15, 0.2) is 0 Å². The summed E-state index contributed by atoms with van der Waals surface area (Å²) in [7, 11) is 0. The maximum atomic E-state index is 5.20. The Bertz CT molecular complexity index is 67.8. The van der Waals surface area contributed by atoms with E-state index in [1.165, 1.54) is 11.4 Å². The Morgan fingerprint density at radius 1 is 1.43 bits per heavy atom. The van der Waals surface area contributed by atoms with E-state index in [0.29, 0.717) is 0 Å². The van der Waals surface area contributed by atoms with Crippen LogP contribution >= 0.6 is 18.3 Å². The second kappa shape index (κ2) is 2.64. The summed E-state index contributed by atoms with van der Waals surface area (Å²) in [4.78, 5) is 0. The van der Waals surface area contributed by atoms with Crippen molar-refractivity contribution in [2.45, 2.75) is 0 Å². The molecular weight excluding hydrogens is 129 g/mol. The second-order valence-electron chi connectivity index (χ2n) is 1.04. The van der Waals surface area contributed by atoms with Gasteiger partial charge in [-0.25, -0.2) is 0 Å². The maximum absolute atomic E-state index is 5.20. The molecule has 0 aliphatic rings. The first-order valence-corrected chi connectivity index (χ1v) is 5.08. The van der Waals surface area contributed by atoms with Gasteiger partial charge in [0, 0.05) is 5.41 Å². The van der Waals surface area contributed by atoms with Gasteiger partial charge in [-0.15, -0.1) is 0 Å². The highest BCUT2D eigenvalue weighted by Gasteiger charge is 2.19. The summed E-state index contributed by atoms with van der Waals surface area (Å²) in [6, 6.07) is 0. The highest BCUT2D eigenvalue weighted by atomic mass is 32.7. The fraction of sp³-hybridized carbons (Fsp3) is 0. The molecule has 0 radical (unpaired) electrons. The van der Waals surface area contributed by atoms with Gasteiger partial charge in [0.25, 0.3) is 6.92 Å². The van der Waals surface area contributed by atoms with Crippen molar-refractivity contribution in [3.63, 3.8) is 0 Å². The van der Waals surface area contributed by atoms with Crippen molar-refractivity contribution in [3.8, 4) is 0 Å². The first-order chi connectivity index (χ1) is 3.06. The highest BCUT2D eigenvalue weighted by Crippen LogP contribution is 2.47. The highest BCUT2D eigenvalue weighted by molar-refractivity contribution is 8.61. The molecule has 6 N–H and O–H groups in total. The largest absolute Gasteiger partial charge is 0.280 e. The fourth-order valence-electron chi connectivity index (χ4n) is 0.129. The molecule has 0 spiro atoms. The molecule has 42 valence electrons. The third kappa shape index (κ3) is 6.40. The van der Waals surface area contributed by atoms with Crippen molar-refractivity contribution < 1.29 is 0 Å². The summed E-state index contributed by atoms with van der Waals surface area (Å²) in [6.07, 6.45) is 0. The lowest BCUT2D eigenvalue weighted by molar-refractivity contribution is 1.67. The van der Waals surface area contributed by atoms with Gasteiger partial charge in [-0.05, 0) is 0 Å². The third-order valence-electron chi connectivity index (χ3n) is 0.257. The SMILES string of the molecule is C=CS[P+](N)(N)N. The lowest BCUT2D eigenvalue weighted by atomic mass is 11.3. The molecule has 3 nitrogen and oxygen atoms in total. The topological polar surface area (TPSA) is 78.1 Å². The van der Waals surface area contributed by atoms with Crippen molar-refractivity contribution in [3.05, 3.63) is 12.0 Å². The molecule has 0 fully saturated rings. The van der Waals surface area contributed by atoms with Crippen LogP contribution in [0.15, 0.2) is 12.0 Å². The average molecular weight is 138 g/mol. The first kappa shape index (κ1) is 7.40. The lowest BCUT2D eigenvalue weighted by Crippen LogP contribution is -2.17. The van der Waals surface area contributed by atoms with Crippen LogP contribution in [0.25, 0.3) is 0 Å². The summed E-state index contributed by atoms with van der Waals surface area (Å²) >= 11 is 1.20. The van der Waals surface area contributed by atoms with Crippen LogP contribution < -0.4 is 16.5 Å². The number of hydrogen-bond donors (Lipinski definition) is 3. The summed E-state index contributed by atoms with van der Waals surface area (Å²) < 4.78 is 0. The predicted octanol–water partition coefficient (Wildman–Crippen LogP) is 0.417. The zero-order chi connectivity index (χ0) is 5.91. The van der Waals surface area contributed by atoms with E-state index in [4.69, 9.17) is 16.5 Å². The Morgan fingerprint density at radius 2 is 1.86 bits per heavy atom. The monoisotopic (exact) mass is 138 g/mol. The molecule has 0 saturated carbocycles. The van der Waals surface area contributed by atoms with Crippen LogP contribution in [0.1, 0.15) is 0 Å². The van der Waals surface area contributed by atoms with Crippen LogP contribution in [0, 0.1) is 0 Å². The molecule has 7 heavy (non-hydrogen) atoms. The van der Waals surface area contributed by atoms with E-state index in [1.54, 1.807) is 5.41 Å². The Hall–Kier alpha value is 0.400. The van der Waals surface area contributed by atoms with Crippen LogP contribution in [0.2, 0.25) is 0 Å². The summed E-state index contributed by atoms with van der Waals surface area (Å²) in [5, 5.41) is 1.55. The van der Waals surface area contributed by atoms with E-state index in [0.717, 1.165) is 0 Å².